The van der Waals surface area contributed by atoms with Crippen molar-refractivity contribution in [3.63, 3.8) is 0 Å². The molecule has 1 aliphatic rings. The van der Waals surface area contributed by atoms with E-state index in [0.717, 1.165) is 37.7 Å². The van der Waals surface area contributed by atoms with E-state index in [2.05, 4.69) is 15.2 Å². The minimum Gasteiger partial charge on any atom is -0.493 e. The second-order valence-corrected chi connectivity index (χ2v) is 3.27. The molecule has 0 unspecified atom stereocenters. The molecule has 6 heteroatoms. The van der Waals surface area contributed by atoms with Crippen LogP contribution in [-0.2, 0) is 0 Å². The lowest BCUT2D eigenvalue weighted by molar-refractivity contribution is 0.411. The van der Waals surface area contributed by atoms with Crippen LogP contribution in [0.2, 0.25) is 0 Å². The van der Waals surface area contributed by atoms with E-state index in [9.17, 15) is 0 Å². The van der Waals surface area contributed by atoms with Crippen LogP contribution < -0.4 is 15.0 Å². The molecule has 0 radical (unpaired) electrons. The van der Waals surface area contributed by atoms with Gasteiger partial charge in [-0.3, -0.25) is 0 Å². The molecule has 1 fully saturated rings. The van der Waals surface area contributed by atoms with E-state index in [1.165, 1.54) is 0 Å². The quantitative estimate of drug-likeness (QED) is 0.876. The number of pyridine rings is 1. The molecule has 0 aromatic carbocycles. The van der Waals surface area contributed by atoms with Gasteiger partial charge in [-0.15, -0.1) is 24.8 Å². The van der Waals surface area contributed by atoms with Crippen molar-refractivity contribution in [2.45, 2.75) is 0 Å². The van der Waals surface area contributed by atoms with Crippen LogP contribution >= 0.6 is 24.8 Å². The van der Waals surface area contributed by atoms with E-state index >= 15 is 0 Å². The third-order valence-electron chi connectivity index (χ3n) is 2.39. The molecule has 1 aromatic heterocycles. The molecule has 1 N–H and O–H groups in total. The summed E-state index contributed by atoms with van der Waals surface area (Å²) < 4.78 is 5.27. The average molecular weight is 266 g/mol. The third kappa shape index (κ3) is 3.40. The van der Waals surface area contributed by atoms with Crippen molar-refractivity contribution in [2.24, 2.45) is 0 Å². The Labute approximate surface area is 108 Å². The minimum atomic E-state index is 0. The van der Waals surface area contributed by atoms with Crippen LogP contribution in [0, 0.1) is 0 Å². The molecule has 0 amide bonds. The van der Waals surface area contributed by atoms with Gasteiger partial charge in [-0.2, -0.15) is 0 Å². The van der Waals surface area contributed by atoms with E-state index in [1.807, 2.05) is 12.1 Å². The van der Waals surface area contributed by atoms with Gasteiger partial charge in [0, 0.05) is 32.4 Å². The van der Waals surface area contributed by atoms with Crippen molar-refractivity contribution < 1.29 is 4.74 Å². The molecule has 1 saturated heterocycles. The number of hydrogen-bond donors (Lipinski definition) is 1. The Kier molecular flexibility index (Phi) is 7.21. The highest BCUT2D eigenvalue weighted by Gasteiger charge is 2.14. The Morgan fingerprint density at radius 1 is 1.31 bits per heavy atom. The first-order chi connectivity index (χ1) is 6.92. The summed E-state index contributed by atoms with van der Waals surface area (Å²) in [5.41, 5.74) is 0. The summed E-state index contributed by atoms with van der Waals surface area (Å²) in [4.78, 5) is 6.59. The molecular formula is C10H17Cl2N3O. The van der Waals surface area contributed by atoms with Crippen LogP contribution in [0.5, 0.6) is 5.75 Å². The predicted octanol–water partition coefficient (Wildman–Crippen LogP) is 1.34. The van der Waals surface area contributed by atoms with Crippen molar-refractivity contribution in [1.82, 2.24) is 10.3 Å². The summed E-state index contributed by atoms with van der Waals surface area (Å²) in [7, 11) is 1.68. The largest absolute Gasteiger partial charge is 0.493 e. The van der Waals surface area contributed by atoms with Crippen LogP contribution in [0.1, 0.15) is 0 Å². The van der Waals surface area contributed by atoms with Crippen molar-refractivity contribution >= 4 is 30.6 Å². The summed E-state index contributed by atoms with van der Waals surface area (Å²) >= 11 is 0. The average Bonchev–Trinajstić information content (AvgIpc) is 2.30. The zero-order valence-corrected chi connectivity index (χ0v) is 10.8. The standard InChI is InChI=1S/C10H15N3O.2ClH/c1-14-9-3-2-4-12-10(9)13-7-5-11-6-8-13;;/h2-4,11H,5-8H2,1H3;2*1H. The van der Waals surface area contributed by atoms with Gasteiger partial charge in [0.25, 0.3) is 0 Å². The maximum Gasteiger partial charge on any atom is 0.171 e. The topological polar surface area (TPSA) is 37.4 Å². The van der Waals surface area contributed by atoms with Gasteiger partial charge in [-0.05, 0) is 12.1 Å². The molecule has 0 atom stereocenters. The number of ether oxygens (including phenoxy) is 1. The smallest absolute Gasteiger partial charge is 0.171 e. The minimum absolute atomic E-state index is 0. The molecule has 2 rings (SSSR count). The number of hydrogen-bond acceptors (Lipinski definition) is 4. The van der Waals surface area contributed by atoms with Crippen LogP contribution in [0.3, 0.4) is 0 Å². The zero-order chi connectivity index (χ0) is 9.80. The van der Waals surface area contributed by atoms with Gasteiger partial charge in [0.15, 0.2) is 11.6 Å². The molecule has 0 spiro atoms. The summed E-state index contributed by atoms with van der Waals surface area (Å²) in [6.45, 7) is 4.01. The first-order valence-electron chi connectivity index (χ1n) is 4.86. The monoisotopic (exact) mass is 265 g/mol. The number of piperazine rings is 1. The lowest BCUT2D eigenvalue weighted by Crippen LogP contribution is -2.44. The fraction of sp³-hybridized carbons (Fsp3) is 0.500. The second kappa shape index (κ2) is 7.54. The normalized spacial score (nSPS) is 14.7. The molecule has 1 aliphatic heterocycles. The van der Waals surface area contributed by atoms with Gasteiger partial charge in [0.05, 0.1) is 7.11 Å². The van der Waals surface area contributed by atoms with Gasteiger partial charge in [0.2, 0.25) is 0 Å². The summed E-state index contributed by atoms with van der Waals surface area (Å²) in [6, 6.07) is 3.84. The fourth-order valence-electron chi connectivity index (χ4n) is 1.66. The molecule has 92 valence electrons. The molecule has 16 heavy (non-hydrogen) atoms. The maximum absolute atomic E-state index is 5.27. The molecular weight excluding hydrogens is 249 g/mol. The van der Waals surface area contributed by atoms with Crippen molar-refractivity contribution in [2.75, 3.05) is 38.2 Å². The van der Waals surface area contributed by atoms with Gasteiger partial charge < -0.3 is 15.0 Å². The number of aromatic nitrogens is 1. The number of nitrogens with zero attached hydrogens (tertiary/aromatic N) is 2. The summed E-state index contributed by atoms with van der Waals surface area (Å²) in [5.74, 6) is 1.81. The Balaban J connectivity index is 0.00000112. The maximum atomic E-state index is 5.27. The van der Waals surface area contributed by atoms with E-state index in [0.29, 0.717) is 0 Å². The lowest BCUT2D eigenvalue weighted by Gasteiger charge is -2.29. The van der Waals surface area contributed by atoms with Crippen LogP contribution in [0.4, 0.5) is 5.82 Å². The Hall–Kier alpha value is -0.710. The molecule has 1 aromatic rings. The second-order valence-electron chi connectivity index (χ2n) is 3.27. The van der Waals surface area contributed by atoms with E-state index in [1.54, 1.807) is 13.3 Å². The number of rotatable bonds is 2. The number of anilines is 1. The van der Waals surface area contributed by atoms with Gasteiger partial charge in [0.1, 0.15) is 0 Å². The van der Waals surface area contributed by atoms with Crippen LogP contribution in [0.25, 0.3) is 0 Å². The van der Waals surface area contributed by atoms with Crippen molar-refractivity contribution in [1.29, 1.82) is 0 Å². The highest BCUT2D eigenvalue weighted by Crippen LogP contribution is 2.24. The molecule has 4 nitrogen and oxygen atoms in total. The molecule has 0 aliphatic carbocycles. The summed E-state index contributed by atoms with van der Waals surface area (Å²) in [6.07, 6.45) is 1.81. The SMILES string of the molecule is COc1cccnc1N1CCNCC1.Cl.Cl. The fourth-order valence-corrected chi connectivity index (χ4v) is 1.66. The third-order valence-corrected chi connectivity index (χ3v) is 2.39. The van der Waals surface area contributed by atoms with Gasteiger partial charge >= 0.3 is 0 Å². The van der Waals surface area contributed by atoms with E-state index in [-0.39, 0.29) is 24.8 Å². The van der Waals surface area contributed by atoms with E-state index < -0.39 is 0 Å². The van der Waals surface area contributed by atoms with Crippen molar-refractivity contribution in [3.05, 3.63) is 18.3 Å². The predicted molar refractivity (Wildman–Crippen MR) is 70.4 cm³/mol. The highest BCUT2D eigenvalue weighted by molar-refractivity contribution is 5.85. The number of nitrogens with one attached hydrogen (secondary N) is 1. The van der Waals surface area contributed by atoms with Crippen LogP contribution in [0.15, 0.2) is 18.3 Å². The van der Waals surface area contributed by atoms with Crippen molar-refractivity contribution in [3.8, 4) is 5.75 Å². The zero-order valence-electron chi connectivity index (χ0n) is 9.18. The Bertz CT molecular complexity index is 306. The van der Waals surface area contributed by atoms with E-state index in [4.69, 9.17) is 4.74 Å². The Morgan fingerprint density at radius 3 is 2.62 bits per heavy atom. The first-order valence-corrected chi connectivity index (χ1v) is 4.86. The Morgan fingerprint density at radius 2 is 2.00 bits per heavy atom. The molecule has 0 bridgehead atoms. The number of halogens is 2. The van der Waals surface area contributed by atoms with Gasteiger partial charge in [-0.1, -0.05) is 0 Å². The summed E-state index contributed by atoms with van der Waals surface area (Å²) in [5, 5.41) is 3.31. The molecule has 0 saturated carbocycles. The number of methoxy groups -OCH3 is 1. The van der Waals surface area contributed by atoms with Crippen LogP contribution in [-0.4, -0.2) is 38.3 Å². The first kappa shape index (κ1) is 15.3. The highest BCUT2D eigenvalue weighted by atomic mass is 35.5. The molecule has 2 heterocycles. The lowest BCUT2D eigenvalue weighted by atomic mass is 10.3. The van der Waals surface area contributed by atoms with Gasteiger partial charge in [-0.25, -0.2) is 4.98 Å².